The Kier molecular flexibility index (Phi) is 6.65. The highest BCUT2D eigenvalue weighted by molar-refractivity contribution is 7.80. The minimum absolute atomic E-state index is 0.228. The topological polar surface area (TPSA) is 62.4 Å². The van der Waals surface area contributed by atoms with Crippen LogP contribution in [0.15, 0.2) is 24.3 Å². The molecule has 0 saturated heterocycles. The van der Waals surface area contributed by atoms with Crippen molar-refractivity contribution in [1.82, 2.24) is 16.2 Å². The van der Waals surface area contributed by atoms with Gasteiger partial charge in [-0.2, -0.15) is 0 Å². The first-order valence-electron chi connectivity index (χ1n) is 8.20. The molecule has 1 amide bonds. The lowest BCUT2D eigenvalue weighted by Crippen LogP contribution is -2.51. The molecule has 23 heavy (non-hydrogen) atoms. The standard InChI is InChI=1S/C17H25N3O2S/c1-3-22-14-10-8-13(9-11-14)16(21)19-20-17(23)18-15-7-5-4-6-12(15)2/h8-12,15H,3-7H2,1-2H3,(H,19,21)(H2,18,20,23)/t12-,15+/m1/s1. The summed E-state index contributed by atoms with van der Waals surface area (Å²) in [5.74, 6) is 1.12. The predicted octanol–water partition coefficient (Wildman–Crippen LogP) is 2.77. The van der Waals surface area contributed by atoms with Crippen LogP contribution in [-0.4, -0.2) is 23.7 Å². The zero-order valence-electron chi connectivity index (χ0n) is 13.7. The number of hydrazine groups is 1. The number of hydrogen-bond donors (Lipinski definition) is 3. The molecule has 2 atom stereocenters. The first-order valence-corrected chi connectivity index (χ1v) is 8.60. The zero-order valence-corrected chi connectivity index (χ0v) is 14.5. The molecule has 126 valence electrons. The van der Waals surface area contributed by atoms with Crippen LogP contribution < -0.4 is 20.9 Å². The molecule has 1 aromatic rings. The average molecular weight is 335 g/mol. The van der Waals surface area contributed by atoms with Gasteiger partial charge in [0.05, 0.1) is 6.61 Å². The summed E-state index contributed by atoms with van der Waals surface area (Å²) in [6.45, 7) is 4.76. The van der Waals surface area contributed by atoms with Crippen molar-refractivity contribution in [3.8, 4) is 5.75 Å². The van der Waals surface area contributed by atoms with E-state index in [1.54, 1.807) is 24.3 Å². The van der Waals surface area contributed by atoms with Crippen molar-refractivity contribution in [2.45, 2.75) is 45.6 Å². The molecule has 0 aliphatic heterocycles. The molecule has 0 radical (unpaired) electrons. The summed E-state index contributed by atoms with van der Waals surface area (Å²) < 4.78 is 5.36. The Morgan fingerprint density at radius 1 is 1.22 bits per heavy atom. The largest absolute Gasteiger partial charge is 0.494 e. The van der Waals surface area contributed by atoms with E-state index in [0.29, 0.717) is 29.2 Å². The third-order valence-corrected chi connectivity index (χ3v) is 4.36. The molecule has 1 aromatic carbocycles. The molecule has 0 heterocycles. The summed E-state index contributed by atoms with van der Waals surface area (Å²) in [4.78, 5) is 12.1. The summed E-state index contributed by atoms with van der Waals surface area (Å²) in [6.07, 6.45) is 4.85. The number of ether oxygens (including phenoxy) is 1. The molecule has 0 spiro atoms. The van der Waals surface area contributed by atoms with Gasteiger partial charge in [0.1, 0.15) is 5.75 Å². The van der Waals surface area contributed by atoms with E-state index >= 15 is 0 Å². The van der Waals surface area contributed by atoms with Gasteiger partial charge in [-0.3, -0.25) is 15.6 Å². The third kappa shape index (κ3) is 5.39. The lowest BCUT2D eigenvalue weighted by molar-refractivity contribution is 0.0943. The van der Waals surface area contributed by atoms with Crippen LogP contribution in [-0.2, 0) is 0 Å². The molecule has 0 unspecified atom stereocenters. The molecule has 2 rings (SSSR count). The Bertz CT molecular complexity index is 533. The van der Waals surface area contributed by atoms with Crippen LogP contribution >= 0.6 is 12.2 Å². The summed E-state index contributed by atoms with van der Waals surface area (Å²) >= 11 is 5.25. The Morgan fingerprint density at radius 2 is 1.91 bits per heavy atom. The molecular formula is C17H25N3O2S. The van der Waals surface area contributed by atoms with Gasteiger partial charge in [-0.25, -0.2) is 0 Å². The van der Waals surface area contributed by atoms with Gasteiger partial charge in [0.15, 0.2) is 5.11 Å². The Hall–Kier alpha value is -1.82. The van der Waals surface area contributed by atoms with Crippen LogP contribution in [0.1, 0.15) is 49.9 Å². The number of benzene rings is 1. The van der Waals surface area contributed by atoms with Crippen LogP contribution in [0.4, 0.5) is 0 Å². The average Bonchev–Trinajstić information content (AvgIpc) is 2.56. The highest BCUT2D eigenvalue weighted by Crippen LogP contribution is 2.23. The van der Waals surface area contributed by atoms with Crippen LogP contribution in [0.2, 0.25) is 0 Å². The maximum absolute atomic E-state index is 12.1. The number of rotatable bonds is 4. The molecule has 5 nitrogen and oxygen atoms in total. The van der Waals surface area contributed by atoms with Crippen LogP contribution in [0.3, 0.4) is 0 Å². The second-order valence-corrected chi connectivity index (χ2v) is 6.29. The molecule has 0 bridgehead atoms. The van der Waals surface area contributed by atoms with E-state index in [-0.39, 0.29) is 5.91 Å². The van der Waals surface area contributed by atoms with Crippen LogP contribution in [0.25, 0.3) is 0 Å². The summed E-state index contributed by atoms with van der Waals surface area (Å²) in [6, 6.07) is 7.38. The second-order valence-electron chi connectivity index (χ2n) is 5.88. The monoisotopic (exact) mass is 335 g/mol. The number of thiocarbonyl (C=S) groups is 1. The van der Waals surface area contributed by atoms with E-state index in [9.17, 15) is 4.79 Å². The third-order valence-electron chi connectivity index (χ3n) is 4.15. The molecule has 1 saturated carbocycles. The van der Waals surface area contributed by atoms with E-state index in [1.807, 2.05) is 6.92 Å². The van der Waals surface area contributed by atoms with Crippen molar-refractivity contribution in [1.29, 1.82) is 0 Å². The van der Waals surface area contributed by atoms with Crippen molar-refractivity contribution in [2.24, 2.45) is 5.92 Å². The summed E-state index contributed by atoms with van der Waals surface area (Å²) in [5, 5.41) is 3.75. The first kappa shape index (κ1) is 17.5. The minimum Gasteiger partial charge on any atom is -0.494 e. The van der Waals surface area contributed by atoms with Crippen molar-refractivity contribution in [3.63, 3.8) is 0 Å². The van der Waals surface area contributed by atoms with Gasteiger partial charge in [0.25, 0.3) is 5.91 Å². The molecule has 1 aliphatic rings. The molecular weight excluding hydrogens is 310 g/mol. The number of nitrogens with one attached hydrogen (secondary N) is 3. The van der Waals surface area contributed by atoms with Gasteiger partial charge in [0, 0.05) is 11.6 Å². The van der Waals surface area contributed by atoms with Gasteiger partial charge < -0.3 is 10.1 Å². The van der Waals surface area contributed by atoms with E-state index in [4.69, 9.17) is 17.0 Å². The van der Waals surface area contributed by atoms with E-state index < -0.39 is 0 Å². The fraction of sp³-hybridized carbons (Fsp3) is 0.529. The molecule has 1 fully saturated rings. The van der Waals surface area contributed by atoms with E-state index in [2.05, 4.69) is 23.1 Å². The van der Waals surface area contributed by atoms with Crippen molar-refractivity contribution in [2.75, 3.05) is 6.61 Å². The van der Waals surface area contributed by atoms with Crippen LogP contribution in [0, 0.1) is 5.92 Å². The predicted molar refractivity (Wildman–Crippen MR) is 95.4 cm³/mol. The number of amides is 1. The lowest BCUT2D eigenvalue weighted by Gasteiger charge is -2.30. The number of hydrogen-bond acceptors (Lipinski definition) is 3. The van der Waals surface area contributed by atoms with Gasteiger partial charge in [0.2, 0.25) is 0 Å². The maximum atomic E-state index is 12.1. The van der Waals surface area contributed by atoms with Crippen molar-refractivity contribution >= 4 is 23.2 Å². The SMILES string of the molecule is CCOc1ccc(C(=O)NNC(=S)N[C@H]2CCCC[C@H]2C)cc1. The fourth-order valence-corrected chi connectivity index (χ4v) is 2.99. The van der Waals surface area contributed by atoms with E-state index in [1.165, 1.54) is 19.3 Å². The normalized spacial score (nSPS) is 20.4. The first-order chi connectivity index (χ1) is 11.1. The molecule has 1 aliphatic carbocycles. The highest BCUT2D eigenvalue weighted by atomic mass is 32.1. The summed E-state index contributed by atoms with van der Waals surface area (Å²) in [5.41, 5.74) is 5.95. The quantitative estimate of drug-likeness (QED) is 0.583. The van der Waals surface area contributed by atoms with Gasteiger partial charge >= 0.3 is 0 Å². The summed E-state index contributed by atoms with van der Waals surface area (Å²) in [7, 11) is 0. The minimum atomic E-state index is -0.228. The second kappa shape index (κ2) is 8.72. The Morgan fingerprint density at radius 3 is 2.57 bits per heavy atom. The Balaban J connectivity index is 1.77. The molecule has 6 heteroatoms. The number of carbonyl (C=O) groups excluding carboxylic acids is 1. The Labute approximate surface area is 143 Å². The van der Waals surface area contributed by atoms with Crippen molar-refractivity contribution < 1.29 is 9.53 Å². The van der Waals surface area contributed by atoms with E-state index in [0.717, 1.165) is 12.2 Å². The van der Waals surface area contributed by atoms with Gasteiger partial charge in [-0.05, 0) is 62.2 Å². The molecule has 3 N–H and O–H groups in total. The highest BCUT2D eigenvalue weighted by Gasteiger charge is 2.21. The van der Waals surface area contributed by atoms with Crippen LogP contribution in [0.5, 0.6) is 5.75 Å². The smallest absolute Gasteiger partial charge is 0.269 e. The zero-order chi connectivity index (χ0) is 16.7. The maximum Gasteiger partial charge on any atom is 0.269 e. The molecule has 0 aromatic heterocycles. The fourth-order valence-electron chi connectivity index (χ4n) is 2.79. The van der Waals surface area contributed by atoms with Gasteiger partial charge in [-0.1, -0.05) is 19.8 Å². The van der Waals surface area contributed by atoms with Crippen molar-refractivity contribution in [3.05, 3.63) is 29.8 Å². The number of carbonyl (C=O) groups is 1. The lowest BCUT2D eigenvalue weighted by atomic mass is 9.86. The van der Waals surface area contributed by atoms with Gasteiger partial charge in [-0.15, -0.1) is 0 Å².